The topological polar surface area (TPSA) is 53.5 Å². The lowest BCUT2D eigenvalue weighted by molar-refractivity contribution is -0.119. The Bertz CT molecular complexity index is 253. The highest BCUT2D eigenvalue weighted by Gasteiger charge is 1.99. The van der Waals surface area contributed by atoms with Crippen molar-refractivity contribution in [3.05, 3.63) is 24.4 Å². The van der Waals surface area contributed by atoms with Gasteiger partial charge in [-0.25, -0.2) is 0 Å². The highest BCUT2D eigenvalue weighted by atomic mass is 16.1. The van der Waals surface area contributed by atoms with Gasteiger partial charge in [-0.3, -0.25) is 10.2 Å². The van der Waals surface area contributed by atoms with Crippen molar-refractivity contribution in [1.29, 1.82) is 0 Å². The van der Waals surface area contributed by atoms with Crippen molar-refractivity contribution in [2.45, 2.75) is 13.3 Å². The molecule has 0 fully saturated rings. The molecule has 2 N–H and O–H groups in total. The first-order chi connectivity index (χ1) is 5.83. The first kappa shape index (κ1) is 8.52. The minimum Gasteiger partial charge on any atom is -0.309 e. The Balaban J connectivity index is 2.52. The third kappa shape index (κ3) is 2.57. The van der Waals surface area contributed by atoms with Gasteiger partial charge in [-0.15, -0.1) is 0 Å². The smallest absolute Gasteiger partial charge is 0.225 e. The first-order valence-electron chi connectivity index (χ1n) is 3.79. The molecule has 0 bridgehead atoms. The molecule has 0 aliphatic carbocycles. The fourth-order valence-electron chi connectivity index (χ4n) is 0.690. The van der Waals surface area contributed by atoms with Crippen LogP contribution in [0.25, 0.3) is 0 Å². The Morgan fingerprint density at radius 3 is 3.25 bits per heavy atom. The molecule has 4 heteroatoms. The molecule has 0 spiro atoms. The van der Waals surface area contributed by atoms with Gasteiger partial charge in [-0.1, -0.05) is 13.0 Å². The molecule has 1 aliphatic heterocycles. The number of amides is 1. The Morgan fingerprint density at radius 1 is 1.67 bits per heavy atom. The largest absolute Gasteiger partial charge is 0.309 e. The van der Waals surface area contributed by atoms with Gasteiger partial charge in [0.25, 0.3) is 0 Å². The maximum absolute atomic E-state index is 10.9. The third-order valence-electron chi connectivity index (χ3n) is 1.31. The summed E-state index contributed by atoms with van der Waals surface area (Å²) in [5, 5.41) is 6.50. The fraction of sp³-hybridized carbons (Fsp3) is 0.250. The summed E-state index contributed by atoms with van der Waals surface area (Å²) in [6.45, 7) is 1.79. The zero-order valence-electron chi connectivity index (χ0n) is 6.87. The van der Waals surface area contributed by atoms with E-state index in [2.05, 4.69) is 15.8 Å². The molecule has 0 unspecified atom stereocenters. The summed E-state index contributed by atoms with van der Waals surface area (Å²) in [5.41, 5.74) is 2.66. The van der Waals surface area contributed by atoms with E-state index in [-0.39, 0.29) is 5.91 Å². The van der Waals surface area contributed by atoms with Crippen molar-refractivity contribution >= 4 is 11.7 Å². The van der Waals surface area contributed by atoms with Crippen LogP contribution < -0.4 is 10.7 Å². The van der Waals surface area contributed by atoms with Crippen molar-refractivity contribution in [2.24, 2.45) is 5.10 Å². The average Bonchev–Trinajstić information content (AvgIpc) is 2.33. The quantitative estimate of drug-likeness (QED) is 0.594. The van der Waals surface area contributed by atoms with Gasteiger partial charge in [0.05, 0.1) is 0 Å². The van der Waals surface area contributed by atoms with Crippen molar-refractivity contribution in [2.75, 3.05) is 0 Å². The van der Waals surface area contributed by atoms with E-state index < -0.39 is 0 Å². The van der Waals surface area contributed by atoms with Crippen LogP contribution in [0.4, 0.5) is 0 Å². The number of amidine groups is 1. The summed E-state index contributed by atoms with van der Waals surface area (Å²) >= 11 is 0. The second-order valence-corrected chi connectivity index (χ2v) is 2.25. The standard InChI is InChI=1S/C8H11N3O/c1-2-8(12)10-7-5-3-4-6-9-11-7/h3-6,9H,2H2,1H3,(H,10,11,12). The van der Waals surface area contributed by atoms with Crippen LogP contribution in [-0.4, -0.2) is 11.7 Å². The molecule has 64 valence electrons. The number of hydrogen-bond acceptors (Lipinski definition) is 3. The Morgan fingerprint density at radius 2 is 2.50 bits per heavy atom. The second-order valence-electron chi connectivity index (χ2n) is 2.25. The van der Waals surface area contributed by atoms with E-state index in [9.17, 15) is 4.79 Å². The van der Waals surface area contributed by atoms with Crippen LogP contribution in [0.2, 0.25) is 0 Å². The molecule has 0 aromatic heterocycles. The second kappa shape index (κ2) is 4.33. The Hall–Kier alpha value is -1.58. The highest BCUT2D eigenvalue weighted by molar-refractivity contribution is 6.04. The van der Waals surface area contributed by atoms with Gasteiger partial charge in [0, 0.05) is 12.6 Å². The molecule has 1 heterocycles. The van der Waals surface area contributed by atoms with E-state index in [0.29, 0.717) is 12.3 Å². The lowest BCUT2D eigenvalue weighted by atomic mass is 10.4. The third-order valence-corrected chi connectivity index (χ3v) is 1.31. The van der Waals surface area contributed by atoms with Crippen LogP contribution >= 0.6 is 0 Å². The van der Waals surface area contributed by atoms with E-state index in [1.54, 1.807) is 31.4 Å². The molecule has 12 heavy (non-hydrogen) atoms. The number of hydrogen-bond donors (Lipinski definition) is 2. The van der Waals surface area contributed by atoms with Crippen molar-refractivity contribution in [1.82, 2.24) is 10.7 Å². The van der Waals surface area contributed by atoms with Gasteiger partial charge in [-0.05, 0) is 12.2 Å². The fourth-order valence-corrected chi connectivity index (χ4v) is 0.690. The van der Waals surface area contributed by atoms with E-state index in [4.69, 9.17) is 0 Å². The molecule has 0 radical (unpaired) electrons. The van der Waals surface area contributed by atoms with Gasteiger partial charge in [0.15, 0.2) is 5.84 Å². The molecule has 0 aromatic carbocycles. The SMILES string of the molecule is CCC(=O)NC1=NNC=CC=C1. The maximum Gasteiger partial charge on any atom is 0.225 e. The van der Waals surface area contributed by atoms with Crippen molar-refractivity contribution in [3.8, 4) is 0 Å². The summed E-state index contributed by atoms with van der Waals surface area (Å²) < 4.78 is 0. The van der Waals surface area contributed by atoms with Gasteiger partial charge < -0.3 is 5.32 Å². The zero-order chi connectivity index (χ0) is 8.81. The van der Waals surface area contributed by atoms with Crippen LogP contribution in [0, 0.1) is 0 Å². The molecule has 4 nitrogen and oxygen atoms in total. The van der Waals surface area contributed by atoms with E-state index >= 15 is 0 Å². The molecule has 1 aliphatic rings. The van der Waals surface area contributed by atoms with Crippen molar-refractivity contribution < 1.29 is 4.79 Å². The Labute approximate surface area is 71.0 Å². The van der Waals surface area contributed by atoms with Crippen LogP contribution in [-0.2, 0) is 4.79 Å². The molecule has 0 aromatic rings. The first-order valence-corrected chi connectivity index (χ1v) is 3.79. The van der Waals surface area contributed by atoms with E-state index in [0.717, 1.165) is 0 Å². The monoisotopic (exact) mass is 165 g/mol. The van der Waals surface area contributed by atoms with Crippen molar-refractivity contribution in [3.63, 3.8) is 0 Å². The van der Waals surface area contributed by atoms with Crippen LogP contribution in [0.5, 0.6) is 0 Å². The zero-order valence-corrected chi connectivity index (χ0v) is 6.87. The van der Waals surface area contributed by atoms with Gasteiger partial charge in [-0.2, -0.15) is 5.10 Å². The van der Waals surface area contributed by atoms with Gasteiger partial charge in [0.2, 0.25) is 5.91 Å². The molecule has 1 rings (SSSR count). The lowest BCUT2D eigenvalue weighted by Crippen LogP contribution is -2.29. The molecule has 1 amide bonds. The molecule has 0 saturated heterocycles. The predicted octanol–water partition coefficient (Wildman–Crippen LogP) is 0.499. The van der Waals surface area contributed by atoms with E-state index in [1.807, 2.05) is 0 Å². The summed E-state index contributed by atoms with van der Waals surface area (Å²) in [4.78, 5) is 10.9. The summed E-state index contributed by atoms with van der Waals surface area (Å²) in [7, 11) is 0. The number of carbonyl (C=O) groups is 1. The molecular weight excluding hydrogens is 154 g/mol. The number of nitrogens with zero attached hydrogens (tertiary/aromatic N) is 1. The lowest BCUT2D eigenvalue weighted by Gasteiger charge is -2.00. The van der Waals surface area contributed by atoms with Gasteiger partial charge >= 0.3 is 0 Å². The number of carbonyl (C=O) groups excluding carboxylic acids is 1. The molecular formula is C8H11N3O. The number of nitrogens with one attached hydrogen (secondary N) is 2. The summed E-state index contributed by atoms with van der Waals surface area (Å²) in [6, 6.07) is 0. The van der Waals surface area contributed by atoms with Crippen LogP contribution in [0.15, 0.2) is 29.5 Å². The summed E-state index contributed by atoms with van der Waals surface area (Å²) in [6.07, 6.45) is 7.47. The number of rotatable bonds is 1. The number of allylic oxidation sites excluding steroid dienone is 2. The van der Waals surface area contributed by atoms with E-state index in [1.165, 1.54) is 0 Å². The highest BCUT2D eigenvalue weighted by Crippen LogP contribution is 1.86. The van der Waals surface area contributed by atoms with Crippen LogP contribution in [0.3, 0.4) is 0 Å². The van der Waals surface area contributed by atoms with Crippen LogP contribution in [0.1, 0.15) is 13.3 Å². The Kier molecular flexibility index (Phi) is 3.07. The maximum atomic E-state index is 10.9. The predicted molar refractivity (Wildman–Crippen MR) is 47.3 cm³/mol. The minimum atomic E-state index is -0.0397. The minimum absolute atomic E-state index is 0.0397. The molecule has 0 atom stereocenters. The number of hydrazone groups is 1. The molecule has 0 saturated carbocycles. The van der Waals surface area contributed by atoms with Gasteiger partial charge in [0.1, 0.15) is 0 Å². The normalized spacial score (nSPS) is 14.6. The average molecular weight is 165 g/mol. The summed E-state index contributed by atoms with van der Waals surface area (Å²) in [5.74, 6) is 0.494.